The van der Waals surface area contributed by atoms with Crippen LogP contribution in [0.1, 0.15) is 5.56 Å². The van der Waals surface area contributed by atoms with E-state index in [1.807, 2.05) is 0 Å². The van der Waals surface area contributed by atoms with Gasteiger partial charge in [0.25, 0.3) is 0 Å². The van der Waals surface area contributed by atoms with Crippen molar-refractivity contribution in [1.82, 2.24) is 0 Å². The molecule has 0 aliphatic heterocycles. The molecule has 0 radical (unpaired) electrons. The number of nitrogens with two attached hydrogens (primary N) is 1. The number of phenols is 1. The van der Waals surface area contributed by atoms with Gasteiger partial charge in [-0.2, -0.15) is 0 Å². The highest BCUT2D eigenvalue weighted by Crippen LogP contribution is 2.10. The number of carboxylic acids is 1. The van der Waals surface area contributed by atoms with Gasteiger partial charge in [-0.1, -0.05) is 12.1 Å². The molecular weight excluding hydrogens is 338 g/mol. The fraction of sp³-hybridized carbons (Fsp3) is 0.467. The second-order valence-electron chi connectivity index (χ2n) is 5.17. The number of hydrogen-bond acceptors (Lipinski definition) is 9. The predicted molar refractivity (Wildman–Crippen MR) is 84.6 cm³/mol. The maximum atomic E-state index is 10.4. The van der Waals surface area contributed by atoms with Gasteiger partial charge in [-0.05, 0) is 24.1 Å². The monoisotopic (exact) mass is 361 g/mol. The van der Waals surface area contributed by atoms with Gasteiger partial charge in [0.05, 0.1) is 6.61 Å². The summed E-state index contributed by atoms with van der Waals surface area (Å²) in [6.07, 6.45) is -6.57. The topological polar surface area (TPSA) is 202 Å². The van der Waals surface area contributed by atoms with Gasteiger partial charge in [-0.3, -0.25) is 4.79 Å². The Bertz CT molecular complexity index is 522. The Morgan fingerprint density at radius 2 is 1.60 bits per heavy atom. The van der Waals surface area contributed by atoms with E-state index in [9.17, 15) is 9.59 Å². The molecule has 0 aliphatic rings. The number of aldehydes is 1. The van der Waals surface area contributed by atoms with Crippen LogP contribution in [-0.2, 0) is 16.0 Å². The van der Waals surface area contributed by atoms with Crippen LogP contribution in [0, 0.1) is 0 Å². The molecule has 0 saturated carbocycles. The molecule has 0 spiro atoms. The number of carboxylic acid groups (broad SMARTS) is 1. The van der Waals surface area contributed by atoms with Gasteiger partial charge in [-0.25, -0.2) is 0 Å². The van der Waals surface area contributed by atoms with E-state index in [-0.39, 0.29) is 18.5 Å². The van der Waals surface area contributed by atoms with Crippen LogP contribution in [0.4, 0.5) is 0 Å². The lowest BCUT2D eigenvalue weighted by Gasteiger charge is -2.22. The number of aliphatic hydroxyl groups is 5. The van der Waals surface area contributed by atoms with Crippen LogP contribution in [0.5, 0.6) is 5.75 Å². The first-order chi connectivity index (χ1) is 11.6. The van der Waals surface area contributed by atoms with Crippen molar-refractivity contribution in [2.75, 3.05) is 6.61 Å². The summed E-state index contributed by atoms with van der Waals surface area (Å²) in [6.45, 7) is -0.760. The van der Waals surface area contributed by atoms with Crippen LogP contribution >= 0.6 is 0 Å². The molecule has 0 unspecified atom stereocenters. The molecule has 25 heavy (non-hydrogen) atoms. The van der Waals surface area contributed by atoms with E-state index in [2.05, 4.69) is 0 Å². The molecule has 0 saturated heterocycles. The van der Waals surface area contributed by atoms with Crippen LogP contribution in [-0.4, -0.2) is 85.1 Å². The third-order valence-corrected chi connectivity index (χ3v) is 3.13. The average molecular weight is 361 g/mol. The Balaban J connectivity index is 0.000000463. The number of aromatic hydroxyl groups is 1. The SMILES string of the molecule is N[C@@H](Cc1ccc(O)cc1)C(=O)O.O=C[C@H](O)[C@@H](O)[C@@H](O)[C@H](O)CO. The fourth-order valence-corrected chi connectivity index (χ4v) is 1.59. The number of rotatable bonds is 8. The quantitative estimate of drug-likeness (QED) is 0.220. The summed E-state index contributed by atoms with van der Waals surface area (Å²) in [7, 11) is 0. The number of hydrogen-bond donors (Lipinski definition) is 8. The lowest BCUT2D eigenvalue weighted by molar-refractivity contribution is -0.138. The van der Waals surface area contributed by atoms with Crippen LogP contribution < -0.4 is 5.73 Å². The van der Waals surface area contributed by atoms with E-state index in [0.717, 1.165) is 5.56 Å². The van der Waals surface area contributed by atoms with Crippen LogP contribution in [0.2, 0.25) is 0 Å². The van der Waals surface area contributed by atoms with E-state index in [0.29, 0.717) is 0 Å². The van der Waals surface area contributed by atoms with E-state index in [4.69, 9.17) is 41.5 Å². The van der Waals surface area contributed by atoms with Gasteiger partial charge < -0.3 is 46.3 Å². The Hall–Kier alpha value is -2.08. The standard InChI is InChI=1S/C9H11NO3.C6H12O6/c10-8(9(12)13)5-6-1-3-7(11)4-2-6;7-1-3(9)5(11)6(12)4(10)2-8/h1-4,8,11H,5,10H2,(H,12,13);1,3-6,8-12H,2H2/t8-;3-,4+,5+,6-/m00/s1. The molecule has 1 aromatic carbocycles. The van der Waals surface area contributed by atoms with Crippen LogP contribution in [0.25, 0.3) is 0 Å². The lowest BCUT2D eigenvalue weighted by Crippen LogP contribution is -2.46. The summed E-state index contributed by atoms with van der Waals surface area (Å²) in [5.74, 6) is -0.860. The van der Waals surface area contributed by atoms with E-state index in [1.54, 1.807) is 12.1 Å². The fourth-order valence-electron chi connectivity index (χ4n) is 1.59. The minimum absolute atomic E-state index is 0.0258. The van der Waals surface area contributed by atoms with E-state index in [1.165, 1.54) is 12.1 Å². The molecule has 9 N–H and O–H groups in total. The number of aliphatic carboxylic acids is 1. The second-order valence-corrected chi connectivity index (χ2v) is 5.17. The number of carbonyl (C=O) groups is 2. The zero-order valence-corrected chi connectivity index (χ0v) is 13.2. The van der Waals surface area contributed by atoms with Crippen molar-refractivity contribution in [2.45, 2.75) is 36.9 Å². The van der Waals surface area contributed by atoms with Gasteiger partial charge in [0.1, 0.15) is 36.2 Å². The lowest BCUT2D eigenvalue weighted by atomic mass is 10.0. The highest BCUT2D eigenvalue weighted by Gasteiger charge is 2.29. The Morgan fingerprint density at radius 1 is 1.08 bits per heavy atom. The largest absolute Gasteiger partial charge is 0.508 e. The van der Waals surface area contributed by atoms with Crippen molar-refractivity contribution in [3.63, 3.8) is 0 Å². The molecule has 1 aromatic rings. The van der Waals surface area contributed by atoms with E-state index < -0.39 is 43.0 Å². The van der Waals surface area contributed by atoms with Gasteiger partial charge in [-0.15, -0.1) is 0 Å². The Labute approximate surface area is 143 Å². The van der Waals surface area contributed by atoms with Gasteiger partial charge in [0.15, 0.2) is 6.29 Å². The molecular formula is C15H23NO9. The zero-order chi connectivity index (χ0) is 19.6. The summed E-state index contributed by atoms with van der Waals surface area (Å²) in [6, 6.07) is 5.42. The summed E-state index contributed by atoms with van der Waals surface area (Å²) in [4.78, 5) is 20.3. The van der Waals surface area contributed by atoms with Crippen molar-refractivity contribution >= 4 is 12.3 Å². The molecule has 0 amide bonds. The Morgan fingerprint density at radius 3 is 2.00 bits per heavy atom. The first kappa shape index (κ1) is 22.9. The molecule has 0 fully saturated rings. The number of carbonyl (C=O) groups excluding carboxylic acids is 1. The van der Waals surface area contributed by atoms with Crippen molar-refractivity contribution in [1.29, 1.82) is 0 Å². The van der Waals surface area contributed by atoms with Crippen molar-refractivity contribution in [3.05, 3.63) is 29.8 Å². The van der Waals surface area contributed by atoms with Crippen LogP contribution in [0.3, 0.4) is 0 Å². The van der Waals surface area contributed by atoms with Gasteiger partial charge in [0, 0.05) is 0 Å². The molecule has 0 bridgehead atoms. The van der Waals surface area contributed by atoms with Crippen molar-refractivity contribution in [3.8, 4) is 5.75 Å². The predicted octanol–water partition coefficient (Wildman–Crippen LogP) is -3.03. The summed E-state index contributed by atoms with van der Waals surface area (Å²) in [5, 5.41) is 61.0. The number of benzene rings is 1. The summed E-state index contributed by atoms with van der Waals surface area (Å²) >= 11 is 0. The summed E-state index contributed by atoms with van der Waals surface area (Å²) in [5.41, 5.74) is 6.12. The summed E-state index contributed by atoms with van der Waals surface area (Å²) < 4.78 is 0. The second kappa shape index (κ2) is 11.5. The van der Waals surface area contributed by atoms with Gasteiger partial charge in [0.2, 0.25) is 0 Å². The van der Waals surface area contributed by atoms with E-state index >= 15 is 0 Å². The minimum Gasteiger partial charge on any atom is -0.508 e. The van der Waals surface area contributed by atoms with Gasteiger partial charge >= 0.3 is 5.97 Å². The molecule has 5 atom stereocenters. The van der Waals surface area contributed by atoms with Crippen LogP contribution in [0.15, 0.2) is 24.3 Å². The molecule has 10 nitrogen and oxygen atoms in total. The first-order valence-electron chi connectivity index (χ1n) is 7.18. The van der Waals surface area contributed by atoms with Crippen molar-refractivity contribution < 1.29 is 45.3 Å². The average Bonchev–Trinajstić information content (AvgIpc) is 2.61. The third kappa shape index (κ3) is 8.54. The normalized spacial score (nSPS) is 16.6. The Kier molecular flexibility index (Phi) is 10.5. The maximum absolute atomic E-state index is 10.4. The molecule has 142 valence electrons. The molecule has 1 rings (SSSR count). The zero-order valence-electron chi connectivity index (χ0n) is 13.2. The molecule has 10 heteroatoms. The number of aliphatic hydroxyl groups excluding tert-OH is 5. The maximum Gasteiger partial charge on any atom is 0.320 e. The highest BCUT2D eigenvalue weighted by atomic mass is 16.4. The highest BCUT2D eigenvalue weighted by molar-refractivity contribution is 5.73. The van der Waals surface area contributed by atoms with Crippen molar-refractivity contribution in [2.24, 2.45) is 5.73 Å². The number of phenolic OH excluding ortho intramolecular Hbond substituents is 1. The first-order valence-corrected chi connectivity index (χ1v) is 7.18. The molecule has 0 aromatic heterocycles. The minimum atomic E-state index is -1.79. The molecule has 0 aliphatic carbocycles. The molecule has 0 heterocycles. The third-order valence-electron chi connectivity index (χ3n) is 3.13. The smallest absolute Gasteiger partial charge is 0.320 e.